The zero-order chi connectivity index (χ0) is 19.3. The number of benzene rings is 1. The van der Waals surface area contributed by atoms with Crippen molar-refractivity contribution in [2.24, 2.45) is 17.6 Å². The Balaban J connectivity index is 2.35. The summed E-state index contributed by atoms with van der Waals surface area (Å²) in [6, 6.07) is 7.36. The lowest BCUT2D eigenvalue weighted by Crippen LogP contribution is -2.32. The van der Waals surface area contributed by atoms with Crippen molar-refractivity contribution >= 4 is 11.7 Å². The van der Waals surface area contributed by atoms with E-state index in [0.717, 1.165) is 5.56 Å². The number of fused-ring (bicyclic) bond motifs is 1. The Kier molecular flexibility index (Phi) is 6.34. The van der Waals surface area contributed by atoms with Gasteiger partial charge in [0.25, 0.3) is 5.91 Å². The third-order valence-electron chi connectivity index (χ3n) is 4.58. The monoisotopic (exact) mass is 350 g/mol. The van der Waals surface area contributed by atoms with Gasteiger partial charge in [-0.3, -0.25) is 9.59 Å². The molecule has 0 radical (unpaired) electrons. The first-order valence-corrected chi connectivity index (χ1v) is 8.78. The summed E-state index contributed by atoms with van der Waals surface area (Å²) >= 11 is 0. The number of Topliss-reactive ketones (excluding diaryl/α,β-unsaturated/α-hetero) is 1. The summed E-state index contributed by atoms with van der Waals surface area (Å²) < 4.78 is 0. The molecule has 0 spiro atoms. The first kappa shape index (κ1) is 19.4. The van der Waals surface area contributed by atoms with Crippen molar-refractivity contribution in [2.75, 3.05) is 0 Å². The predicted molar refractivity (Wildman–Crippen MR) is 105 cm³/mol. The van der Waals surface area contributed by atoms with Crippen molar-refractivity contribution in [1.82, 2.24) is 5.32 Å². The van der Waals surface area contributed by atoms with E-state index < -0.39 is 5.91 Å². The molecule has 0 aromatic heterocycles. The Labute approximate surface area is 155 Å². The molecular formula is C22H26N2O2. The third kappa shape index (κ3) is 4.60. The molecule has 1 aliphatic carbocycles. The molecule has 136 valence electrons. The van der Waals surface area contributed by atoms with Gasteiger partial charge >= 0.3 is 0 Å². The van der Waals surface area contributed by atoms with Gasteiger partial charge < -0.3 is 11.1 Å². The zero-order valence-corrected chi connectivity index (χ0v) is 15.6. The van der Waals surface area contributed by atoms with E-state index in [1.54, 1.807) is 24.3 Å². The molecule has 0 aliphatic heterocycles. The minimum absolute atomic E-state index is 0.0614. The lowest BCUT2D eigenvalue weighted by Gasteiger charge is -2.21. The van der Waals surface area contributed by atoms with Crippen LogP contribution in [0.3, 0.4) is 0 Å². The number of carbonyl (C=O) groups is 2. The molecule has 0 saturated heterocycles. The van der Waals surface area contributed by atoms with Crippen LogP contribution in [0, 0.1) is 11.8 Å². The molecule has 0 heterocycles. The summed E-state index contributed by atoms with van der Waals surface area (Å²) in [4.78, 5) is 25.8. The van der Waals surface area contributed by atoms with E-state index in [-0.39, 0.29) is 17.3 Å². The van der Waals surface area contributed by atoms with Crippen LogP contribution in [0.25, 0.3) is 0 Å². The first-order valence-electron chi connectivity index (χ1n) is 8.78. The Morgan fingerprint density at radius 1 is 1.27 bits per heavy atom. The summed E-state index contributed by atoms with van der Waals surface area (Å²) in [5.74, 6) is -0.350. The second kappa shape index (κ2) is 8.48. The fourth-order valence-electron chi connectivity index (χ4n) is 2.72. The predicted octanol–water partition coefficient (Wildman–Crippen LogP) is 3.67. The lowest BCUT2D eigenvalue weighted by atomic mass is 9.92. The van der Waals surface area contributed by atoms with Gasteiger partial charge in [0, 0.05) is 17.0 Å². The van der Waals surface area contributed by atoms with E-state index in [1.807, 2.05) is 31.2 Å². The maximum absolute atomic E-state index is 12.9. The zero-order valence-electron chi connectivity index (χ0n) is 15.6. The molecule has 1 amide bonds. The van der Waals surface area contributed by atoms with E-state index in [1.165, 1.54) is 0 Å². The van der Waals surface area contributed by atoms with Gasteiger partial charge in [0.1, 0.15) is 0 Å². The number of allylic oxidation sites excluding steroid dienone is 5. The highest BCUT2D eigenvalue weighted by Gasteiger charge is 2.24. The molecule has 1 aliphatic rings. The fraction of sp³-hybridized carbons (Fsp3) is 0.273. The number of rotatable bonds is 5. The van der Waals surface area contributed by atoms with Gasteiger partial charge in [-0.15, -0.1) is 0 Å². The van der Waals surface area contributed by atoms with E-state index in [2.05, 4.69) is 25.7 Å². The van der Waals surface area contributed by atoms with E-state index in [4.69, 9.17) is 5.73 Å². The van der Waals surface area contributed by atoms with Crippen LogP contribution in [-0.2, 0) is 11.2 Å². The van der Waals surface area contributed by atoms with Gasteiger partial charge in [-0.25, -0.2) is 0 Å². The number of nitrogens with one attached hydrogen (secondary N) is 1. The van der Waals surface area contributed by atoms with Crippen LogP contribution in [0.4, 0.5) is 0 Å². The average Bonchev–Trinajstić information content (AvgIpc) is 2.58. The van der Waals surface area contributed by atoms with Crippen molar-refractivity contribution in [1.29, 1.82) is 0 Å². The highest BCUT2D eigenvalue weighted by Crippen LogP contribution is 2.21. The number of carbonyl (C=O) groups excluding carboxylic acids is 2. The Morgan fingerprint density at radius 3 is 2.62 bits per heavy atom. The fourth-order valence-corrected chi connectivity index (χ4v) is 2.72. The summed E-state index contributed by atoms with van der Waals surface area (Å²) in [7, 11) is 0. The molecule has 0 fully saturated rings. The second-order valence-corrected chi connectivity index (χ2v) is 6.86. The Morgan fingerprint density at radius 2 is 1.96 bits per heavy atom. The van der Waals surface area contributed by atoms with Crippen LogP contribution in [0.2, 0.25) is 0 Å². The number of amides is 1. The number of hydrogen-bond donors (Lipinski definition) is 2. The summed E-state index contributed by atoms with van der Waals surface area (Å²) in [6.45, 7) is 9.81. The molecule has 1 aromatic rings. The lowest BCUT2D eigenvalue weighted by molar-refractivity contribution is -0.116. The third-order valence-corrected chi connectivity index (χ3v) is 4.58. The SMILES string of the molecule is C=C(N)C=C(NC(=O)/C1=C/C=C/Cc2ccccc2C1=O)C(C)C(C)C. The number of nitrogens with two attached hydrogens (primary N) is 1. The first-order chi connectivity index (χ1) is 12.3. The van der Waals surface area contributed by atoms with Gasteiger partial charge in [0.2, 0.25) is 0 Å². The molecule has 1 aromatic carbocycles. The highest BCUT2D eigenvalue weighted by atomic mass is 16.2. The molecule has 2 rings (SSSR count). The maximum Gasteiger partial charge on any atom is 0.259 e. The molecule has 1 atom stereocenters. The van der Waals surface area contributed by atoms with Crippen LogP contribution in [0.1, 0.15) is 36.7 Å². The minimum Gasteiger partial charge on any atom is -0.399 e. The Hall–Kier alpha value is -2.88. The largest absolute Gasteiger partial charge is 0.399 e. The van der Waals surface area contributed by atoms with Crippen molar-refractivity contribution < 1.29 is 9.59 Å². The minimum atomic E-state index is -0.434. The molecule has 4 heteroatoms. The van der Waals surface area contributed by atoms with Crippen LogP contribution in [0.5, 0.6) is 0 Å². The van der Waals surface area contributed by atoms with Gasteiger partial charge in [0.05, 0.1) is 5.57 Å². The van der Waals surface area contributed by atoms with Gasteiger partial charge in [-0.2, -0.15) is 0 Å². The smallest absolute Gasteiger partial charge is 0.259 e. The van der Waals surface area contributed by atoms with Crippen LogP contribution in [-0.4, -0.2) is 11.7 Å². The summed E-state index contributed by atoms with van der Waals surface area (Å²) in [6.07, 6.45) is 7.58. The van der Waals surface area contributed by atoms with Gasteiger partial charge in [-0.1, -0.05) is 63.8 Å². The van der Waals surface area contributed by atoms with Crippen molar-refractivity contribution in [3.8, 4) is 0 Å². The molecule has 26 heavy (non-hydrogen) atoms. The van der Waals surface area contributed by atoms with Crippen LogP contribution in [0.15, 0.2) is 72.1 Å². The van der Waals surface area contributed by atoms with E-state index >= 15 is 0 Å². The van der Waals surface area contributed by atoms with Gasteiger partial charge in [0.15, 0.2) is 5.78 Å². The number of hydrogen-bond acceptors (Lipinski definition) is 3. The van der Waals surface area contributed by atoms with Crippen molar-refractivity contribution in [3.05, 3.63) is 83.2 Å². The van der Waals surface area contributed by atoms with Crippen LogP contribution >= 0.6 is 0 Å². The molecule has 3 N–H and O–H groups in total. The second-order valence-electron chi connectivity index (χ2n) is 6.86. The normalized spacial score (nSPS) is 18.8. The van der Waals surface area contributed by atoms with Crippen molar-refractivity contribution in [2.45, 2.75) is 27.2 Å². The molecule has 1 unspecified atom stereocenters. The van der Waals surface area contributed by atoms with E-state index in [0.29, 0.717) is 29.3 Å². The Bertz CT molecular complexity index is 813. The highest BCUT2D eigenvalue weighted by molar-refractivity contribution is 6.26. The van der Waals surface area contributed by atoms with Crippen LogP contribution < -0.4 is 11.1 Å². The van der Waals surface area contributed by atoms with Gasteiger partial charge in [-0.05, 0) is 36.0 Å². The average molecular weight is 350 g/mol. The van der Waals surface area contributed by atoms with Crippen molar-refractivity contribution in [3.63, 3.8) is 0 Å². The maximum atomic E-state index is 12.9. The number of ketones is 1. The quantitative estimate of drug-likeness (QED) is 0.628. The molecule has 0 bridgehead atoms. The molecule has 0 saturated carbocycles. The molecule has 4 nitrogen and oxygen atoms in total. The summed E-state index contributed by atoms with van der Waals surface area (Å²) in [5.41, 5.74) is 8.30. The standard InChI is InChI=1S/C22H26N2O2/c1-14(2)16(4)20(13-15(3)23)24-22(26)19-12-8-6-10-17-9-5-7-11-18(17)21(19)25/h5-9,11-14,16H,3,10,23H2,1-2,4H3,(H,24,26)/b8-6+,19-12+,20-13?. The topological polar surface area (TPSA) is 72.2 Å². The molecular weight excluding hydrogens is 324 g/mol. The summed E-state index contributed by atoms with van der Waals surface area (Å²) in [5, 5.41) is 2.87. The van der Waals surface area contributed by atoms with E-state index in [9.17, 15) is 9.59 Å².